The number of rotatable bonds is 6. The standard InChI is InChI=1S/C13H17ClN4O2/c14-10-6-8(7-17-12(10)15)13(20)16-5-1-2-11(19)18-9-3-4-9/h6-7,9H,1-5H2,(H2,15,17)(H,16,20)(H,18,19). The lowest BCUT2D eigenvalue weighted by atomic mass is 10.2. The van der Waals surface area contributed by atoms with Crippen molar-refractivity contribution in [2.75, 3.05) is 12.3 Å². The largest absolute Gasteiger partial charge is 0.382 e. The van der Waals surface area contributed by atoms with E-state index < -0.39 is 0 Å². The predicted molar refractivity (Wildman–Crippen MR) is 76.4 cm³/mol. The summed E-state index contributed by atoms with van der Waals surface area (Å²) in [7, 11) is 0. The second-order valence-corrected chi connectivity index (χ2v) is 5.20. The van der Waals surface area contributed by atoms with E-state index >= 15 is 0 Å². The summed E-state index contributed by atoms with van der Waals surface area (Å²) >= 11 is 5.79. The van der Waals surface area contributed by atoms with Crippen molar-refractivity contribution < 1.29 is 9.59 Å². The monoisotopic (exact) mass is 296 g/mol. The van der Waals surface area contributed by atoms with Crippen molar-refractivity contribution in [3.05, 3.63) is 22.8 Å². The molecule has 0 aromatic carbocycles. The molecule has 0 aliphatic heterocycles. The molecule has 7 heteroatoms. The number of halogens is 1. The fraction of sp³-hybridized carbons (Fsp3) is 0.462. The van der Waals surface area contributed by atoms with E-state index in [0.29, 0.717) is 31.0 Å². The molecule has 1 aromatic heterocycles. The van der Waals surface area contributed by atoms with Gasteiger partial charge in [0.2, 0.25) is 5.91 Å². The van der Waals surface area contributed by atoms with Gasteiger partial charge in [0.1, 0.15) is 5.82 Å². The van der Waals surface area contributed by atoms with Crippen LogP contribution in [0.4, 0.5) is 5.82 Å². The molecule has 1 heterocycles. The molecule has 0 spiro atoms. The lowest BCUT2D eigenvalue weighted by Gasteiger charge is -2.06. The number of hydrogen-bond donors (Lipinski definition) is 3. The van der Waals surface area contributed by atoms with Gasteiger partial charge in [0.25, 0.3) is 5.91 Å². The zero-order valence-electron chi connectivity index (χ0n) is 11.0. The van der Waals surface area contributed by atoms with Gasteiger partial charge >= 0.3 is 0 Å². The Kier molecular flexibility index (Phi) is 4.79. The van der Waals surface area contributed by atoms with Gasteiger partial charge in [-0.1, -0.05) is 11.6 Å². The van der Waals surface area contributed by atoms with Gasteiger partial charge < -0.3 is 16.4 Å². The number of nitrogen functional groups attached to an aromatic ring is 1. The van der Waals surface area contributed by atoms with Gasteiger partial charge in [-0.2, -0.15) is 0 Å². The summed E-state index contributed by atoms with van der Waals surface area (Å²) in [4.78, 5) is 27.0. The molecule has 108 valence electrons. The minimum Gasteiger partial charge on any atom is -0.382 e. The normalized spacial score (nSPS) is 13.8. The number of carbonyl (C=O) groups excluding carboxylic acids is 2. The number of nitrogens with two attached hydrogens (primary N) is 1. The minimum atomic E-state index is -0.276. The number of amides is 2. The van der Waals surface area contributed by atoms with E-state index in [2.05, 4.69) is 15.6 Å². The van der Waals surface area contributed by atoms with Gasteiger partial charge in [-0.3, -0.25) is 9.59 Å². The van der Waals surface area contributed by atoms with E-state index in [1.54, 1.807) is 0 Å². The third-order valence-corrected chi connectivity index (χ3v) is 3.24. The number of pyridine rings is 1. The molecule has 1 aliphatic rings. The summed E-state index contributed by atoms with van der Waals surface area (Å²) in [5.41, 5.74) is 5.82. The van der Waals surface area contributed by atoms with Crippen LogP contribution in [-0.4, -0.2) is 29.4 Å². The Morgan fingerprint density at radius 3 is 2.85 bits per heavy atom. The number of aromatic nitrogens is 1. The molecule has 1 aromatic rings. The second kappa shape index (κ2) is 6.56. The molecular weight excluding hydrogens is 280 g/mol. The number of nitrogens with one attached hydrogen (secondary N) is 2. The molecule has 1 aliphatic carbocycles. The van der Waals surface area contributed by atoms with Gasteiger partial charge in [-0.25, -0.2) is 4.98 Å². The molecule has 1 saturated carbocycles. The van der Waals surface area contributed by atoms with Crippen LogP contribution in [0.2, 0.25) is 5.02 Å². The van der Waals surface area contributed by atoms with E-state index in [1.807, 2.05) is 0 Å². The van der Waals surface area contributed by atoms with Crippen molar-refractivity contribution in [2.45, 2.75) is 31.7 Å². The van der Waals surface area contributed by atoms with E-state index in [-0.39, 0.29) is 22.7 Å². The molecule has 0 radical (unpaired) electrons. The van der Waals surface area contributed by atoms with Gasteiger partial charge in [-0.15, -0.1) is 0 Å². The summed E-state index contributed by atoms with van der Waals surface area (Å²) in [6, 6.07) is 1.85. The fourth-order valence-electron chi connectivity index (χ4n) is 1.65. The van der Waals surface area contributed by atoms with Crippen LogP contribution in [0.1, 0.15) is 36.0 Å². The van der Waals surface area contributed by atoms with E-state index in [9.17, 15) is 9.59 Å². The third kappa shape index (κ3) is 4.38. The van der Waals surface area contributed by atoms with Gasteiger partial charge in [0, 0.05) is 25.2 Å². The summed E-state index contributed by atoms with van der Waals surface area (Å²) in [5.74, 6) is -0.0408. The molecule has 0 bridgehead atoms. The van der Waals surface area contributed by atoms with Crippen molar-refractivity contribution in [1.29, 1.82) is 0 Å². The van der Waals surface area contributed by atoms with Gasteiger partial charge in [0.15, 0.2) is 0 Å². The third-order valence-electron chi connectivity index (χ3n) is 2.94. The van der Waals surface area contributed by atoms with Crippen LogP contribution in [0.5, 0.6) is 0 Å². The highest BCUT2D eigenvalue weighted by Crippen LogP contribution is 2.18. The average Bonchev–Trinajstić information content (AvgIpc) is 3.21. The van der Waals surface area contributed by atoms with Crippen LogP contribution in [-0.2, 0) is 4.79 Å². The topological polar surface area (TPSA) is 97.1 Å². The number of anilines is 1. The highest BCUT2D eigenvalue weighted by atomic mass is 35.5. The fourth-order valence-corrected chi connectivity index (χ4v) is 1.82. The Morgan fingerprint density at radius 1 is 1.45 bits per heavy atom. The van der Waals surface area contributed by atoms with Crippen LogP contribution in [0, 0.1) is 0 Å². The van der Waals surface area contributed by atoms with Crippen LogP contribution in [0.15, 0.2) is 12.3 Å². The molecule has 4 N–H and O–H groups in total. The summed E-state index contributed by atoms with van der Waals surface area (Å²) in [5, 5.41) is 5.86. The predicted octanol–water partition coefficient (Wildman–Crippen LogP) is 1.11. The maximum atomic E-state index is 11.8. The van der Waals surface area contributed by atoms with E-state index in [4.69, 9.17) is 17.3 Å². The van der Waals surface area contributed by atoms with Gasteiger partial charge in [0.05, 0.1) is 10.6 Å². The van der Waals surface area contributed by atoms with E-state index in [0.717, 1.165) is 12.8 Å². The Bertz CT molecular complexity index is 517. The van der Waals surface area contributed by atoms with Crippen molar-refractivity contribution >= 4 is 29.2 Å². The number of hydrogen-bond acceptors (Lipinski definition) is 4. The van der Waals surface area contributed by atoms with Crippen molar-refractivity contribution in [1.82, 2.24) is 15.6 Å². The molecule has 1 fully saturated rings. The highest BCUT2D eigenvalue weighted by Gasteiger charge is 2.22. The smallest absolute Gasteiger partial charge is 0.252 e. The first-order valence-corrected chi connectivity index (χ1v) is 6.92. The maximum Gasteiger partial charge on any atom is 0.252 e. The Labute approximate surface area is 122 Å². The molecule has 6 nitrogen and oxygen atoms in total. The molecule has 2 rings (SSSR count). The first kappa shape index (κ1) is 14.6. The minimum absolute atomic E-state index is 0.0407. The lowest BCUT2D eigenvalue weighted by molar-refractivity contribution is -0.121. The maximum absolute atomic E-state index is 11.8. The Morgan fingerprint density at radius 2 is 2.20 bits per heavy atom. The summed E-state index contributed by atoms with van der Waals surface area (Å²) < 4.78 is 0. The summed E-state index contributed by atoms with van der Waals surface area (Å²) in [6.07, 6.45) is 4.54. The van der Waals surface area contributed by atoms with Crippen LogP contribution < -0.4 is 16.4 Å². The van der Waals surface area contributed by atoms with Gasteiger partial charge in [-0.05, 0) is 25.3 Å². The molecule has 20 heavy (non-hydrogen) atoms. The Hall–Kier alpha value is -1.82. The number of carbonyl (C=O) groups is 2. The quantitative estimate of drug-likeness (QED) is 0.685. The average molecular weight is 297 g/mol. The number of nitrogens with zero attached hydrogens (tertiary/aromatic N) is 1. The molecule has 2 amide bonds. The zero-order valence-corrected chi connectivity index (χ0v) is 11.7. The first-order valence-electron chi connectivity index (χ1n) is 6.55. The first-order chi connectivity index (χ1) is 9.56. The zero-order chi connectivity index (χ0) is 14.5. The molecule has 0 saturated heterocycles. The van der Waals surface area contributed by atoms with Crippen LogP contribution in [0.25, 0.3) is 0 Å². The molecule has 0 atom stereocenters. The van der Waals surface area contributed by atoms with Crippen molar-refractivity contribution in [3.63, 3.8) is 0 Å². The summed E-state index contributed by atoms with van der Waals surface area (Å²) in [6.45, 7) is 0.429. The van der Waals surface area contributed by atoms with E-state index in [1.165, 1.54) is 12.3 Å². The molecule has 0 unspecified atom stereocenters. The lowest BCUT2D eigenvalue weighted by Crippen LogP contribution is -2.28. The highest BCUT2D eigenvalue weighted by molar-refractivity contribution is 6.33. The SMILES string of the molecule is Nc1ncc(C(=O)NCCCC(=O)NC2CC2)cc1Cl. The van der Waals surface area contributed by atoms with Crippen LogP contribution >= 0.6 is 11.6 Å². The van der Waals surface area contributed by atoms with Crippen LogP contribution in [0.3, 0.4) is 0 Å². The molecular formula is C13H17ClN4O2. The Balaban J connectivity index is 1.68. The van der Waals surface area contributed by atoms with Crippen molar-refractivity contribution in [3.8, 4) is 0 Å². The second-order valence-electron chi connectivity index (χ2n) is 4.79. The van der Waals surface area contributed by atoms with Crippen molar-refractivity contribution in [2.24, 2.45) is 0 Å².